The zero-order valence-electron chi connectivity index (χ0n) is 9.67. The number of amides is 1. The van der Waals surface area contributed by atoms with E-state index in [2.05, 4.69) is 0 Å². The Labute approximate surface area is 100 Å². The molecule has 0 bridgehead atoms. The third-order valence-corrected chi connectivity index (χ3v) is 4.13. The summed E-state index contributed by atoms with van der Waals surface area (Å²) in [7, 11) is -2.40. The van der Waals surface area contributed by atoms with Crippen LogP contribution < -0.4 is 11.5 Å². The van der Waals surface area contributed by atoms with Gasteiger partial charge in [-0.05, 0) is 30.7 Å². The first kappa shape index (κ1) is 13.5. The van der Waals surface area contributed by atoms with Crippen molar-refractivity contribution in [2.24, 2.45) is 5.73 Å². The summed E-state index contributed by atoms with van der Waals surface area (Å²) in [6.07, 6.45) is 0. The average molecular weight is 257 g/mol. The van der Waals surface area contributed by atoms with Crippen molar-refractivity contribution in [3.63, 3.8) is 0 Å². The van der Waals surface area contributed by atoms with Gasteiger partial charge in [-0.15, -0.1) is 0 Å². The topological polar surface area (TPSA) is 106 Å². The SMILES string of the molecule is Cc1cc(S(=O)(=O)N(C)CC(N)=O)ccc1N. The van der Waals surface area contributed by atoms with E-state index in [1.165, 1.54) is 25.2 Å². The number of aryl methyl sites for hydroxylation is 1. The van der Waals surface area contributed by atoms with Crippen LogP contribution in [0.15, 0.2) is 23.1 Å². The summed E-state index contributed by atoms with van der Waals surface area (Å²) in [5.41, 5.74) is 11.7. The van der Waals surface area contributed by atoms with Crippen LogP contribution in [0.25, 0.3) is 0 Å². The Bertz CT molecular complexity index is 540. The second-order valence-corrected chi connectivity index (χ2v) is 5.79. The van der Waals surface area contributed by atoms with E-state index in [9.17, 15) is 13.2 Å². The second-order valence-electron chi connectivity index (χ2n) is 3.75. The highest BCUT2D eigenvalue weighted by atomic mass is 32.2. The van der Waals surface area contributed by atoms with Crippen molar-refractivity contribution in [2.75, 3.05) is 19.3 Å². The summed E-state index contributed by atoms with van der Waals surface area (Å²) in [6.45, 7) is 1.36. The lowest BCUT2D eigenvalue weighted by molar-refractivity contribution is -0.118. The molecule has 0 aliphatic carbocycles. The summed E-state index contributed by atoms with van der Waals surface area (Å²) in [6, 6.07) is 4.37. The van der Waals surface area contributed by atoms with Gasteiger partial charge < -0.3 is 11.5 Å². The first-order chi connectivity index (χ1) is 7.75. The number of benzene rings is 1. The van der Waals surface area contributed by atoms with Gasteiger partial charge in [0.1, 0.15) is 0 Å². The fraction of sp³-hybridized carbons (Fsp3) is 0.300. The zero-order chi connectivity index (χ0) is 13.2. The molecule has 1 aromatic rings. The fourth-order valence-electron chi connectivity index (χ4n) is 1.29. The summed E-state index contributed by atoms with van der Waals surface area (Å²) in [5.74, 6) is -0.705. The number of nitrogens with two attached hydrogens (primary N) is 2. The number of primary amides is 1. The Morgan fingerprint density at radius 2 is 2.00 bits per heavy atom. The van der Waals surface area contributed by atoms with Crippen molar-refractivity contribution in [1.82, 2.24) is 4.31 Å². The highest BCUT2D eigenvalue weighted by Gasteiger charge is 2.22. The first-order valence-electron chi connectivity index (χ1n) is 4.86. The molecule has 0 aliphatic rings. The van der Waals surface area contributed by atoms with Gasteiger partial charge in [0, 0.05) is 12.7 Å². The molecule has 0 heterocycles. The zero-order valence-corrected chi connectivity index (χ0v) is 10.5. The molecule has 0 saturated heterocycles. The Kier molecular flexibility index (Phi) is 3.74. The van der Waals surface area contributed by atoms with Crippen LogP contribution in [0.4, 0.5) is 5.69 Å². The van der Waals surface area contributed by atoms with Gasteiger partial charge >= 0.3 is 0 Å². The summed E-state index contributed by atoms with van der Waals surface area (Å²) < 4.78 is 24.9. The predicted molar refractivity (Wildman–Crippen MR) is 64.6 cm³/mol. The maximum Gasteiger partial charge on any atom is 0.243 e. The Morgan fingerprint density at radius 1 is 1.41 bits per heavy atom. The van der Waals surface area contributed by atoms with E-state index in [1.54, 1.807) is 6.92 Å². The van der Waals surface area contributed by atoms with Crippen molar-refractivity contribution < 1.29 is 13.2 Å². The quantitative estimate of drug-likeness (QED) is 0.721. The molecule has 1 aromatic carbocycles. The second kappa shape index (κ2) is 4.72. The molecule has 1 rings (SSSR count). The van der Waals surface area contributed by atoms with Crippen molar-refractivity contribution in [2.45, 2.75) is 11.8 Å². The van der Waals surface area contributed by atoms with Gasteiger partial charge in [0.15, 0.2) is 0 Å². The Balaban J connectivity index is 3.13. The predicted octanol–water partition coefficient (Wildman–Crippen LogP) is -0.317. The van der Waals surface area contributed by atoms with Crippen LogP contribution in [0, 0.1) is 6.92 Å². The monoisotopic (exact) mass is 257 g/mol. The number of sulfonamides is 1. The van der Waals surface area contributed by atoms with Crippen LogP contribution in [0.5, 0.6) is 0 Å². The van der Waals surface area contributed by atoms with Gasteiger partial charge in [-0.2, -0.15) is 4.31 Å². The Hall–Kier alpha value is -1.60. The molecule has 17 heavy (non-hydrogen) atoms. The number of carbonyl (C=O) groups is 1. The first-order valence-corrected chi connectivity index (χ1v) is 6.30. The van der Waals surface area contributed by atoms with Crippen molar-refractivity contribution in [1.29, 1.82) is 0 Å². The number of nitrogens with zero attached hydrogens (tertiary/aromatic N) is 1. The summed E-state index contributed by atoms with van der Waals surface area (Å²) in [4.78, 5) is 10.8. The third kappa shape index (κ3) is 2.95. The number of hydrogen-bond donors (Lipinski definition) is 2. The minimum Gasteiger partial charge on any atom is -0.399 e. The van der Waals surface area contributed by atoms with E-state index in [0.29, 0.717) is 11.3 Å². The molecule has 0 fully saturated rings. The average Bonchev–Trinajstić information content (AvgIpc) is 2.20. The molecule has 0 aliphatic heterocycles. The molecule has 0 aromatic heterocycles. The lowest BCUT2D eigenvalue weighted by Gasteiger charge is -2.15. The molecule has 4 N–H and O–H groups in total. The van der Waals surface area contributed by atoms with E-state index < -0.39 is 15.9 Å². The van der Waals surface area contributed by atoms with E-state index in [-0.39, 0.29) is 11.4 Å². The van der Waals surface area contributed by atoms with E-state index in [1.807, 2.05) is 0 Å². The molecule has 1 amide bonds. The van der Waals surface area contributed by atoms with Crippen LogP contribution in [0.2, 0.25) is 0 Å². The van der Waals surface area contributed by atoms with Crippen LogP contribution in [0.1, 0.15) is 5.56 Å². The lowest BCUT2D eigenvalue weighted by Crippen LogP contribution is -2.35. The van der Waals surface area contributed by atoms with Gasteiger partial charge in [-0.25, -0.2) is 8.42 Å². The van der Waals surface area contributed by atoms with E-state index in [0.717, 1.165) is 4.31 Å². The summed E-state index contributed by atoms with van der Waals surface area (Å²) >= 11 is 0. The van der Waals surface area contributed by atoms with Crippen LogP contribution in [0.3, 0.4) is 0 Å². The number of hydrogen-bond acceptors (Lipinski definition) is 4. The molecular weight excluding hydrogens is 242 g/mol. The highest BCUT2D eigenvalue weighted by Crippen LogP contribution is 2.19. The molecule has 0 spiro atoms. The van der Waals surface area contributed by atoms with Crippen LogP contribution >= 0.6 is 0 Å². The molecule has 94 valence electrons. The van der Waals surface area contributed by atoms with Crippen molar-refractivity contribution >= 4 is 21.6 Å². The van der Waals surface area contributed by atoms with Gasteiger partial charge in [0.25, 0.3) is 0 Å². The lowest BCUT2D eigenvalue weighted by atomic mass is 10.2. The van der Waals surface area contributed by atoms with Gasteiger partial charge in [-0.3, -0.25) is 4.79 Å². The van der Waals surface area contributed by atoms with Crippen molar-refractivity contribution in [3.8, 4) is 0 Å². The van der Waals surface area contributed by atoms with Crippen LogP contribution in [-0.4, -0.2) is 32.2 Å². The molecule has 7 heteroatoms. The standard InChI is InChI=1S/C10H15N3O3S/c1-7-5-8(3-4-9(7)11)17(15,16)13(2)6-10(12)14/h3-5H,6,11H2,1-2H3,(H2,12,14). The number of likely N-dealkylation sites (N-methyl/N-ethyl adjacent to an activating group) is 1. The van der Waals surface area contributed by atoms with Gasteiger partial charge in [0.2, 0.25) is 15.9 Å². The minimum atomic E-state index is -3.70. The smallest absolute Gasteiger partial charge is 0.243 e. The number of rotatable bonds is 4. The number of anilines is 1. The number of nitrogen functional groups attached to an aromatic ring is 1. The molecule has 6 nitrogen and oxygen atoms in total. The van der Waals surface area contributed by atoms with Gasteiger partial charge in [-0.1, -0.05) is 0 Å². The Morgan fingerprint density at radius 3 is 2.47 bits per heavy atom. The normalized spacial score (nSPS) is 11.7. The molecular formula is C10H15N3O3S. The summed E-state index contributed by atoms with van der Waals surface area (Å²) in [5, 5.41) is 0. The fourth-order valence-corrected chi connectivity index (χ4v) is 2.52. The highest BCUT2D eigenvalue weighted by molar-refractivity contribution is 7.89. The van der Waals surface area contributed by atoms with E-state index >= 15 is 0 Å². The molecule has 0 unspecified atom stereocenters. The molecule has 0 atom stereocenters. The maximum absolute atomic E-state index is 12.0. The van der Waals surface area contributed by atoms with Gasteiger partial charge in [0.05, 0.1) is 11.4 Å². The molecule has 0 radical (unpaired) electrons. The third-order valence-electron chi connectivity index (χ3n) is 2.33. The number of carbonyl (C=O) groups excluding carboxylic acids is 1. The maximum atomic E-state index is 12.0. The van der Waals surface area contributed by atoms with E-state index in [4.69, 9.17) is 11.5 Å². The van der Waals surface area contributed by atoms with Crippen molar-refractivity contribution in [3.05, 3.63) is 23.8 Å². The largest absolute Gasteiger partial charge is 0.399 e. The minimum absolute atomic E-state index is 0.0907. The van der Waals surface area contributed by atoms with Crippen LogP contribution in [-0.2, 0) is 14.8 Å². The molecule has 0 saturated carbocycles.